The van der Waals surface area contributed by atoms with E-state index >= 15 is 0 Å². The first kappa shape index (κ1) is 21.9. The fourth-order valence-electron chi connectivity index (χ4n) is 2.41. The summed E-state index contributed by atoms with van der Waals surface area (Å²) in [5.41, 5.74) is 0. The van der Waals surface area contributed by atoms with Crippen molar-refractivity contribution >= 4 is 10.1 Å². The van der Waals surface area contributed by atoms with Crippen molar-refractivity contribution < 1.29 is 12.6 Å². The van der Waals surface area contributed by atoms with Crippen LogP contribution in [0.4, 0.5) is 0 Å². The molecule has 0 aromatic carbocycles. The van der Waals surface area contributed by atoms with Crippen molar-refractivity contribution in [1.82, 2.24) is 5.32 Å². The highest BCUT2D eigenvalue weighted by atomic mass is 32.2. The van der Waals surface area contributed by atoms with Crippen LogP contribution >= 0.6 is 0 Å². The minimum atomic E-state index is -3.32. The molecular weight excluding hydrogens is 298 g/mol. The van der Waals surface area contributed by atoms with E-state index in [4.69, 9.17) is 4.18 Å². The van der Waals surface area contributed by atoms with Crippen molar-refractivity contribution in [3.63, 3.8) is 0 Å². The summed E-state index contributed by atoms with van der Waals surface area (Å²) in [6, 6.07) is 0. The molecule has 0 aromatic rings. The van der Waals surface area contributed by atoms with Gasteiger partial charge in [0.15, 0.2) is 0 Å². The number of nitrogens with one attached hydrogen (secondary N) is 1. The van der Waals surface area contributed by atoms with Gasteiger partial charge in [0.1, 0.15) is 0 Å². The van der Waals surface area contributed by atoms with E-state index in [1.165, 1.54) is 64.2 Å². The zero-order valence-electron chi connectivity index (χ0n) is 14.7. The van der Waals surface area contributed by atoms with Gasteiger partial charge >= 0.3 is 0 Å². The molecule has 134 valence electrons. The first-order valence-electron chi connectivity index (χ1n) is 9.14. The van der Waals surface area contributed by atoms with Crippen LogP contribution in [0.3, 0.4) is 0 Å². The van der Waals surface area contributed by atoms with Gasteiger partial charge < -0.3 is 5.32 Å². The zero-order valence-corrected chi connectivity index (χ0v) is 15.6. The molecule has 0 atom stereocenters. The fraction of sp³-hybridized carbons (Fsp3) is 1.00. The lowest BCUT2D eigenvalue weighted by Gasteiger charge is -2.05. The van der Waals surface area contributed by atoms with Crippen molar-refractivity contribution in [2.45, 2.75) is 84.0 Å². The molecule has 0 amide bonds. The number of hydrogen-bond acceptors (Lipinski definition) is 4. The molecule has 1 N–H and O–H groups in total. The van der Waals surface area contributed by atoms with Crippen LogP contribution in [0.15, 0.2) is 0 Å². The highest BCUT2D eigenvalue weighted by Crippen LogP contribution is 2.12. The average molecular weight is 336 g/mol. The Labute approximate surface area is 138 Å². The molecule has 0 fully saturated rings. The Morgan fingerprint density at radius 2 is 1.23 bits per heavy atom. The van der Waals surface area contributed by atoms with Gasteiger partial charge in [-0.3, -0.25) is 4.18 Å². The Morgan fingerprint density at radius 1 is 0.773 bits per heavy atom. The lowest BCUT2D eigenvalue weighted by atomic mass is 10.1. The summed E-state index contributed by atoms with van der Waals surface area (Å²) in [6.07, 6.45) is 15.3. The van der Waals surface area contributed by atoms with E-state index in [1.54, 1.807) is 7.05 Å². The van der Waals surface area contributed by atoms with Gasteiger partial charge in [0.25, 0.3) is 10.1 Å². The van der Waals surface area contributed by atoms with E-state index in [0.717, 1.165) is 12.8 Å². The molecule has 0 spiro atoms. The second-order valence-corrected chi connectivity index (χ2v) is 7.84. The Bertz CT molecular complexity index is 318. The van der Waals surface area contributed by atoms with E-state index in [9.17, 15) is 8.42 Å². The molecule has 0 bridgehead atoms. The van der Waals surface area contributed by atoms with Crippen LogP contribution in [0, 0.1) is 0 Å². The summed E-state index contributed by atoms with van der Waals surface area (Å²) in [6.45, 7) is 3.03. The first-order chi connectivity index (χ1) is 10.6. The van der Waals surface area contributed by atoms with Crippen LogP contribution in [-0.4, -0.2) is 34.4 Å². The van der Waals surface area contributed by atoms with Crippen molar-refractivity contribution in [3.05, 3.63) is 0 Å². The van der Waals surface area contributed by atoms with Gasteiger partial charge in [-0.2, -0.15) is 8.42 Å². The fourth-order valence-corrected chi connectivity index (χ4v) is 3.36. The Balaban J connectivity index is 3.20. The molecule has 0 heterocycles. The number of unbranched alkanes of at least 4 members (excludes halogenated alkanes) is 11. The molecule has 22 heavy (non-hydrogen) atoms. The molecule has 5 heteroatoms. The lowest BCUT2D eigenvalue weighted by molar-refractivity contribution is 0.306. The van der Waals surface area contributed by atoms with Crippen LogP contribution in [0.1, 0.15) is 84.0 Å². The summed E-state index contributed by atoms with van der Waals surface area (Å²) >= 11 is 0. The third kappa shape index (κ3) is 16.2. The molecule has 0 rings (SSSR count). The Morgan fingerprint density at radius 3 is 1.68 bits per heavy atom. The van der Waals surface area contributed by atoms with Gasteiger partial charge in [-0.15, -0.1) is 0 Å². The Kier molecular flexibility index (Phi) is 15.7. The van der Waals surface area contributed by atoms with Crippen LogP contribution < -0.4 is 5.32 Å². The van der Waals surface area contributed by atoms with Gasteiger partial charge in [-0.05, 0) is 13.5 Å². The maximum Gasteiger partial charge on any atom is 0.268 e. The standard InChI is InChI=1S/C17H37NO3S/c1-3-4-5-6-7-8-9-10-11-12-13-14-16-21-22(19,20)17-15-18-2/h18H,3-17H2,1-2H3. The largest absolute Gasteiger partial charge is 0.319 e. The van der Waals surface area contributed by atoms with Gasteiger partial charge in [0, 0.05) is 6.54 Å². The summed E-state index contributed by atoms with van der Waals surface area (Å²) in [5, 5.41) is 2.81. The van der Waals surface area contributed by atoms with Crippen LogP contribution in [0.5, 0.6) is 0 Å². The third-order valence-corrected chi connectivity index (χ3v) is 5.09. The maximum atomic E-state index is 11.4. The minimum Gasteiger partial charge on any atom is -0.319 e. The molecule has 0 aromatic heterocycles. The van der Waals surface area contributed by atoms with E-state index in [1.807, 2.05) is 0 Å². The van der Waals surface area contributed by atoms with Gasteiger partial charge in [0.2, 0.25) is 0 Å². The Hall–Kier alpha value is -0.130. The second-order valence-electron chi connectivity index (χ2n) is 6.08. The summed E-state index contributed by atoms with van der Waals surface area (Å²) in [4.78, 5) is 0. The van der Waals surface area contributed by atoms with E-state index in [0.29, 0.717) is 13.2 Å². The van der Waals surface area contributed by atoms with E-state index in [2.05, 4.69) is 12.2 Å². The molecule has 0 saturated heterocycles. The predicted octanol–water partition coefficient (Wildman–Crippen LogP) is 4.25. The third-order valence-electron chi connectivity index (χ3n) is 3.86. The van der Waals surface area contributed by atoms with Crippen molar-refractivity contribution in [3.8, 4) is 0 Å². The second kappa shape index (κ2) is 15.8. The zero-order chi connectivity index (χ0) is 16.5. The smallest absolute Gasteiger partial charge is 0.268 e. The molecule has 0 unspecified atom stereocenters. The average Bonchev–Trinajstić information content (AvgIpc) is 2.50. The van der Waals surface area contributed by atoms with Crippen molar-refractivity contribution in [2.75, 3.05) is 26.0 Å². The quantitative estimate of drug-likeness (QED) is 0.319. The van der Waals surface area contributed by atoms with Crippen molar-refractivity contribution in [1.29, 1.82) is 0 Å². The van der Waals surface area contributed by atoms with Crippen LogP contribution in [-0.2, 0) is 14.3 Å². The van der Waals surface area contributed by atoms with Crippen LogP contribution in [0.25, 0.3) is 0 Å². The first-order valence-corrected chi connectivity index (χ1v) is 10.7. The minimum absolute atomic E-state index is 0.0573. The summed E-state index contributed by atoms with van der Waals surface area (Å²) < 4.78 is 27.8. The van der Waals surface area contributed by atoms with E-state index in [-0.39, 0.29) is 5.75 Å². The topological polar surface area (TPSA) is 55.4 Å². The molecule has 0 aliphatic rings. The van der Waals surface area contributed by atoms with Gasteiger partial charge in [-0.1, -0.05) is 77.6 Å². The van der Waals surface area contributed by atoms with Gasteiger partial charge in [-0.25, -0.2) is 0 Å². The van der Waals surface area contributed by atoms with Gasteiger partial charge in [0.05, 0.1) is 12.4 Å². The highest BCUT2D eigenvalue weighted by molar-refractivity contribution is 7.86. The maximum absolute atomic E-state index is 11.4. The molecule has 4 nitrogen and oxygen atoms in total. The molecule has 0 aliphatic heterocycles. The number of rotatable bonds is 17. The monoisotopic (exact) mass is 335 g/mol. The molecule has 0 radical (unpaired) electrons. The summed E-state index contributed by atoms with van der Waals surface area (Å²) in [5.74, 6) is 0.0573. The van der Waals surface area contributed by atoms with E-state index < -0.39 is 10.1 Å². The summed E-state index contributed by atoms with van der Waals surface area (Å²) in [7, 11) is -1.58. The molecular formula is C17H37NO3S. The van der Waals surface area contributed by atoms with Crippen LogP contribution in [0.2, 0.25) is 0 Å². The molecule has 0 saturated carbocycles. The normalized spacial score (nSPS) is 11.9. The lowest BCUT2D eigenvalue weighted by Crippen LogP contribution is -2.21. The predicted molar refractivity (Wildman–Crippen MR) is 94.7 cm³/mol. The highest BCUT2D eigenvalue weighted by Gasteiger charge is 2.09. The number of hydrogen-bond donors (Lipinski definition) is 1. The SMILES string of the molecule is CCCCCCCCCCCCCCOS(=O)(=O)CCNC. The molecule has 0 aliphatic carbocycles. The van der Waals surface area contributed by atoms with Crippen molar-refractivity contribution in [2.24, 2.45) is 0 Å².